The fraction of sp³-hybridized carbons (Fsp3) is 0.148. The molecule has 35 heavy (non-hydrogen) atoms. The Balaban J connectivity index is 1.51. The number of hydrogen-bond acceptors (Lipinski definition) is 5. The van der Waals surface area contributed by atoms with Crippen molar-refractivity contribution in [2.75, 3.05) is 6.54 Å². The van der Waals surface area contributed by atoms with E-state index in [1.54, 1.807) is 30.3 Å². The third kappa shape index (κ3) is 9.11. The number of benzene rings is 3. The molecule has 0 saturated carbocycles. The van der Waals surface area contributed by atoms with Gasteiger partial charge in [0, 0.05) is 17.9 Å². The zero-order chi connectivity index (χ0) is 24.9. The molecule has 0 radical (unpaired) electrons. The summed E-state index contributed by atoms with van der Waals surface area (Å²) in [7, 11) is 0. The maximum absolute atomic E-state index is 12.8. The van der Waals surface area contributed by atoms with Gasteiger partial charge in [0.25, 0.3) is 0 Å². The van der Waals surface area contributed by atoms with Crippen LogP contribution in [0.3, 0.4) is 0 Å². The van der Waals surface area contributed by atoms with Gasteiger partial charge in [0.2, 0.25) is 11.8 Å². The first-order valence-electron chi connectivity index (χ1n) is 11.1. The van der Waals surface area contributed by atoms with E-state index in [0.29, 0.717) is 17.9 Å². The van der Waals surface area contributed by atoms with Crippen molar-refractivity contribution in [3.05, 3.63) is 113 Å². The number of carbonyl (C=O) groups is 2. The molecule has 0 fully saturated rings. The molecule has 0 heterocycles. The maximum Gasteiger partial charge on any atom is 0.242 e. The summed E-state index contributed by atoms with van der Waals surface area (Å²) in [5.41, 5.74) is 9.08. The minimum Gasteiger partial charge on any atom is -0.384 e. The summed E-state index contributed by atoms with van der Waals surface area (Å²) in [6, 6.07) is 26.1. The molecule has 0 aliphatic rings. The Morgan fingerprint density at radius 1 is 0.886 bits per heavy atom. The van der Waals surface area contributed by atoms with E-state index in [4.69, 9.17) is 11.1 Å². The Morgan fingerprint density at radius 3 is 2.20 bits per heavy atom. The average molecular weight is 488 g/mol. The first kappa shape index (κ1) is 25.7. The van der Waals surface area contributed by atoms with Crippen molar-refractivity contribution < 1.29 is 9.59 Å². The fourth-order valence-electron chi connectivity index (χ4n) is 3.08. The Bertz CT molecular complexity index is 1140. The summed E-state index contributed by atoms with van der Waals surface area (Å²) in [5, 5.41) is 12.9. The lowest BCUT2D eigenvalue weighted by Crippen LogP contribution is -2.44. The molecule has 0 saturated heterocycles. The SMILES string of the molecule is N=C(N)c1ccc(CNC(=O)CNC(=O)C(/C=C/c2ccccc2)NSCc2ccccc2)cc1. The largest absolute Gasteiger partial charge is 0.384 e. The Labute approximate surface area is 209 Å². The van der Waals surface area contributed by atoms with E-state index in [9.17, 15) is 9.59 Å². The molecule has 0 aliphatic carbocycles. The van der Waals surface area contributed by atoms with Crippen LogP contribution in [0.15, 0.2) is 91.0 Å². The first-order chi connectivity index (χ1) is 17.0. The van der Waals surface area contributed by atoms with Gasteiger partial charge >= 0.3 is 0 Å². The second-order valence-electron chi connectivity index (χ2n) is 7.74. The normalized spacial score (nSPS) is 11.7. The predicted octanol–water partition coefficient (Wildman–Crippen LogP) is 3.22. The lowest BCUT2D eigenvalue weighted by molar-refractivity contribution is -0.126. The van der Waals surface area contributed by atoms with Crippen LogP contribution in [0.4, 0.5) is 0 Å². The van der Waals surface area contributed by atoms with Crippen molar-refractivity contribution >= 4 is 35.7 Å². The Kier molecular flexibility index (Phi) is 10.1. The number of hydrogen-bond donors (Lipinski definition) is 5. The number of amides is 2. The molecule has 1 atom stereocenters. The standard InChI is InChI=1S/C27H29N5O2S/c28-26(29)23-14-11-21(12-15-23)17-30-25(33)18-31-27(34)24(16-13-20-7-3-1-4-8-20)32-35-19-22-9-5-2-6-10-22/h1-16,24,32H,17-19H2,(H3,28,29)(H,30,33)(H,31,34)/b16-13+. The molecule has 1 unspecified atom stereocenters. The van der Waals surface area contributed by atoms with E-state index < -0.39 is 6.04 Å². The summed E-state index contributed by atoms with van der Waals surface area (Å²) >= 11 is 1.44. The molecule has 0 aliphatic heterocycles. The van der Waals surface area contributed by atoms with E-state index in [1.807, 2.05) is 66.7 Å². The zero-order valence-corrected chi connectivity index (χ0v) is 20.1. The van der Waals surface area contributed by atoms with Crippen LogP contribution in [0.2, 0.25) is 0 Å². The van der Waals surface area contributed by atoms with E-state index in [1.165, 1.54) is 11.9 Å². The molecule has 0 aromatic heterocycles. The highest BCUT2D eigenvalue weighted by molar-refractivity contribution is 7.96. The van der Waals surface area contributed by atoms with Crippen LogP contribution >= 0.6 is 11.9 Å². The molecular weight excluding hydrogens is 458 g/mol. The van der Waals surface area contributed by atoms with E-state index >= 15 is 0 Å². The summed E-state index contributed by atoms with van der Waals surface area (Å²) in [6.45, 7) is 0.181. The third-order valence-corrected chi connectivity index (χ3v) is 5.93. The fourth-order valence-corrected chi connectivity index (χ4v) is 3.89. The number of nitrogen functional groups attached to an aromatic ring is 1. The quantitative estimate of drug-likeness (QED) is 0.153. The van der Waals surface area contributed by atoms with Crippen molar-refractivity contribution in [1.29, 1.82) is 5.41 Å². The van der Waals surface area contributed by atoms with E-state index in [2.05, 4.69) is 15.4 Å². The number of nitrogens with two attached hydrogens (primary N) is 1. The van der Waals surface area contributed by atoms with Gasteiger partial charge in [-0.2, -0.15) is 0 Å². The van der Waals surface area contributed by atoms with Gasteiger partial charge in [0.05, 0.1) is 6.54 Å². The van der Waals surface area contributed by atoms with Crippen LogP contribution in [0, 0.1) is 5.41 Å². The van der Waals surface area contributed by atoms with Crippen molar-refractivity contribution in [3.8, 4) is 0 Å². The van der Waals surface area contributed by atoms with Gasteiger partial charge < -0.3 is 16.4 Å². The van der Waals surface area contributed by atoms with E-state index in [0.717, 1.165) is 16.7 Å². The molecule has 2 amide bonds. The van der Waals surface area contributed by atoms with Gasteiger partial charge in [-0.05, 0) is 16.7 Å². The van der Waals surface area contributed by atoms with Gasteiger partial charge in [0.15, 0.2) is 0 Å². The lowest BCUT2D eigenvalue weighted by Gasteiger charge is -2.15. The van der Waals surface area contributed by atoms with Gasteiger partial charge in [0.1, 0.15) is 11.9 Å². The molecule has 180 valence electrons. The van der Waals surface area contributed by atoms with Crippen LogP contribution < -0.4 is 21.1 Å². The van der Waals surface area contributed by atoms with Gasteiger partial charge in [-0.1, -0.05) is 109 Å². The van der Waals surface area contributed by atoms with Crippen molar-refractivity contribution in [2.45, 2.75) is 18.3 Å². The van der Waals surface area contributed by atoms with Crippen LogP contribution in [0.5, 0.6) is 0 Å². The predicted molar refractivity (Wildman–Crippen MR) is 142 cm³/mol. The molecule has 7 nitrogen and oxygen atoms in total. The third-order valence-electron chi connectivity index (χ3n) is 5.03. The summed E-state index contributed by atoms with van der Waals surface area (Å²) < 4.78 is 3.19. The second kappa shape index (κ2) is 13.7. The van der Waals surface area contributed by atoms with Gasteiger partial charge in [-0.3, -0.25) is 15.0 Å². The van der Waals surface area contributed by atoms with E-state index in [-0.39, 0.29) is 24.2 Å². The van der Waals surface area contributed by atoms with Gasteiger partial charge in [-0.25, -0.2) is 4.72 Å². The highest BCUT2D eigenvalue weighted by atomic mass is 32.2. The molecule has 0 spiro atoms. The molecule has 8 heteroatoms. The Morgan fingerprint density at radius 2 is 1.54 bits per heavy atom. The number of amidine groups is 1. The zero-order valence-electron chi connectivity index (χ0n) is 19.2. The van der Waals surface area contributed by atoms with Crippen molar-refractivity contribution in [3.63, 3.8) is 0 Å². The summed E-state index contributed by atoms with van der Waals surface area (Å²) in [4.78, 5) is 25.1. The minimum absolute atomic E-state index is 0.00490. The van der Waals surface area contributed by atoms with Crippen LogP contribution in [0.1, 0.15) is 22.3 Å². The summed E-state index contributed by atoms with van der Waals surface area (Å²) in [5.74, 6) is 0.109. The lowest BCUT2D eigenvalue weighted by atomic mass is 10.1. The van der Waals surface area contributed by atoms with Gasteiger partial charge in [-0.15, -0.1) is 0 Å². The average Bonchev–Trinajstić information content (AvgIpc) is 2.89. The molecule has 6 N–H and O–H groups in total. The second-order valence-corrected chi connectivity index (χ2v) is 8.56. The Hall–Kier alpha value is -3.88. The minimum atomic E-state index is -0.615. The maximum atomic E-state index is 12.8. The monoisotopic (exact) mass is 487 g/mol. The highest BCUT2D eigenvalue weighted by Gasteiger charge is 2.16. The molecular formula is C27H29N5O2S. The molecule has 3 rings (SSSR count). The van der Waals surface area contributed by atoms with Crippen LogP contribution in [-0.2, 0) is 21.9 Å². The van der Waals surface area contributed by atoms with Crippen molar-refractivity contribution in [2.24, 2.45) is 5.73 Å². The molecule has 0 bridgehead atoms. The number of rotatable bonds is 12. The smallest absolute Gasteiger partial charge is 0.242 e. The van der Waals surface area contributed by atoms with Crippen LogP contribution in [-0.4, -0.2) is 30.2 Å². The number of carbonyl (C=O) groups excluding carboxylic acids is 2. The number of nitrogens with one attached hydrogen (secondary N) is 4. The van der Waals surface area contributed by atoms with Crippen molar-refractivity contribution in [1.82, 2.24) is 15.4 Å². The topological polar surface area (TPSA) is 120 Å². The summed E-state index contributed by atoms with van der Waals surface area (Å²) in [6.07, 6.45) is 3.67. The molecule has 3 aromatic rings. The highest BCUT2D eigenvalue weighted by Crippen LogP contribution is 2.11. The first-order valence-corrected chi connectivity index (χ1v) is 12.1. The van der Waals surface area contributed by atoms with Crippen LogP contribution in [0.25, 0.3) is 6.08 Å². The molecule has 3 aromatic carbocycles.